The van der Waals surface area contributed by atoms with Gasteiger partial charge in [0.25, 0.3) is 0 Å². The predicted molar refractivity (Wildman–Crippen MR) is 102 cm³/mol. The quantitative estimate of drug-likeness (QED) is 0.433. The van der Waals surface area contributed by atoms with Gasteiger partial charge in [-0.2, -0.15) is 12.6 Å². The third kappa shape index (κ3) is 2.63. The summed E-state index contributed by atoms with van der Waals surface area (Å²) < 4.78 is 0. The fourth-order valence-electron chi connectivity index (χ4n) is 6.61. The van der Waals surface area contributed by atoms with E-state index in [1.54, 1.807) is 5.57 Å². The fraction of sp³-hybridized carbons (Fsp3) is 0.905. The van der Waals surface area contributed by atoms with Gasteiger partial charge in [0, 0.05) is 5.25 Å². The molecule has 4 aliphatic carbocycles. The van der Waals surface area contributed by atoms with Crippen molar-refractivity contribution in [1.29, 1.82) is 0 Å². The average molecular weight is 337 g/mol. The average Bonchev–Trinajstić information content (AvgIpc) is 2.86. The molecule has 0 aromatic rings. The van der Waals surface area contributed by atoms with Crippen molar-refractivity contribution >= 4 is 12.6 Å². The van der Waals surface area contributed by atoms with Crippen molar-refractivity contribution in [2.24, 2.45) is 28.6 Å². The molecule has 3 saturated carbocycles. The zero-order valence-corrected chi connectivity index (χ0v) is 16.4. The fourth-order valence-corrected chi connectivity index (χ4v) is 7.08. The van der Waals surface area contributed by atoms with Gasteiger partial charge in [0.15, 0.2) is 0 Å². The largest absolute Gasteiger partial charge is 0.393 e. The van der Waals surface area contributed by atoms with Crippen LogP contribution in [0.3, 0.4) is 0 Å². The van der Waals surface area contributed by atoms with E-state index in [-0.39, 0.29) is 6.10 Å². The zero-order chi connectivity index (χ0) is 16.8. The van der Waals surface area contributed by atoms with Gasteiger partial charge in [0.1, 0.15) is 0 Å². The van der Waals surface area contributed by atoms with Crippen molar-refractivity contribution in [2.45, 2.75) is 90.4 Å². The van der Waals surface area contributed by atoms with E-state index in [1.165, 1.54) is 38.5 Å². The molecule has 4 rings (SSSR count). The molecule has 7 unspecified atom stereocenters. The Morgan fingerprint density at radius 2 is 1.78 bits per heavy atom. The van der Waals surface area contributed by atoms with Crippen molar-refractivity contribution in [3.05, 3.63) is 11.6 Å². The van der Waals surface area contributed by atoms with Gasteiger partial charge >= 0.3 is 0 Å². The summed E-state index contributed by atoms with van der Waals surface area (Å²) in [6, 6.07) is 0. The van der Waals surface area contributed by atoms with Crippen LogP contribution in [0.25, 0.3) is 0 Å². The van der Waals surface area contributed by atoms with Crippen LogP contribution < -0.4 is 0 Å². The molecule has 1 N–H and O–H groups in total. The smallest absolute Gasteiger partial charge is 0.0577 e. The summed E-state index contributed by atoms with van der Waals surface area (Å²) in [5.41, 5.74) is 2.46. The topological polar surface area (TPSA) is 20.2 Å². The molecule has 0 bridgehead atoms. The number of hydrogen-bond acceptors (Lipinski definition) is 2. The Morgan fingerprint density at radius 1 is 1.04 bits per heavy atom. The van der Waals surface area contributed by atoms with Crippen LogP contribution in [0.1, 0.15) is 79.1 Å². The maximum Gasteiger partial charge on any atom is 0.0577 e. The number of rotatable bonds is 0. The summed E-state index contributed by atoms with van der Waals surface area (Å²) in [7, 11) is 0. The molecule has 0 saturated heterocycles. The van der Waals surface area contributed by atoms with Crippen molar-refractivity contribution in [3.63, 3.8) is 0 Å². The predicted octanol–water partition coefficient (Wildman–Crippen LogP) is 5.63. The van der Waals surface area contributed by atoms with Gasteiger partial charge in [-0.25, -0.2) is 0 Å². The first-order valence-electron chi connectivity index (χ1n) is 10.0. The van der Waals surface area contributed by atoms with Crippen LogP contribution in [-0.2, 0) is 0 Å². The lowest BCUT2D eigenvalue weighted by molar-refractivity contribution is -0.0345. The van der Waals surface area contributed by atoms with E-state index in [1.807, 2.05) is 13.8 Å². The summed E-state index contributed by atoms with van der Waals surface area (Å²) in [6.07, 6.45) is 12.3. The van der Waals surface area contributed by atoms with E-state index >= 15 is 0 Å². The van der Waals surface area contributed by atoms with E-state index in [2.05, 4.69) is 19.9 Å². The van der Waals surface area contributed by atoms with Gasteiger partial charge in [-0.15, -0.1) is 0 Å². The summed E-state index contributed by atoms with van der Waals surface area (Å²) in [5, 5.41) is 10.7. The van der Waals surface area contributed by atoms with Gasteiger partial charge in [-0.05, 0) is 80.0 Å². The first-order valence-corrected chi connectivity index (χ1v) is 10.5. The summed E-state index contributed by atoms with van der Waals surface area (Å²) >= 11 is 4.93. The number of fused-ring (bicyclic) bond motifs is 5. The van der Waals surface area contributed by atoms with Crippen LogP contribution >= 0.6 is 12.6 Å². The minimum atomic E-state index is -0.0805. The molecule has 0 aromatic carbocycles. The van der Waals surface area contributed by atoms with Gasteiger partial charge in [0.05, 0.1) is 6.10 Å². The molecule has 132 valence electrons. The van der Waals surface area contributed by atoms with Crippen LogP contribution in [0.15, 0.2) is 11.6 Å². The highest BCUT2D eigenvalue weighted by atomic mass is 32.1. The van der Waals surface area contributed by atoms with Gasteiger partial charge < -0.3 is 5.11 Å². The number of aliphatic hydroxyl groups is 1. The lowest BCUT2D eigenvalue weighted by Crippen LogP contribution is -2.50. The summed E-state index contributed by atoms with van der Waals surface area (Å²) in [6.45, 7) is 9.03. The number of aliphatic hydroxyl groups excluding tert-OH is 1. The third-order valence-electron chi connectivity index (χ3n) is 8.03. The van der Waals surface area contributed by atoms with Gasteiger partial charge in [0.2, 0.25) is 0 Å². The second kappa shape index (κ2) is 6.41. The standard InChI is InChI=1S/C19H30OS.C2H6/c1-18-9-7-13(20)11-12(18)3-4-14-15-5-6-17(21)19(15,2)10-8-16(14)18;1-2/h3,13-17,20-21H,4-11H2,1-2H3;1-2H3. The van der Waals surface area contributed by atoms with Crippen LogP contribution in [0.5, 0.6) is 0 Å². The Labute approximate surface area is 148 Å². The molecular formula is C21H36OS. The molecular weight excluding hydrogens is 300 g/mol. The highest BCUT2D eigenvalue weighted by Crippen LogP contribution is 2.65. The first kappa shape index (κ1) is 17.9. The monoisotopic (exact) mass is 336 g/mol. The van der Waals surface area contributed by atoms with Crippen LogP contribution in [-0.4, -0.2) is 16.5 Å². The van der Waals surface area contributed by atoms with Crippen molar-refractivity contribution in [3.8, 4) is 0 Å². The maximum absolute atomic E-state index is 10.0. The molecule has 0 heterocycles. The van der Waals surface area contributed by atoms with Gasteiger partial charge in [-0.3, -0.25) is 0 Å². The summed E-state index contributed by atoms with van der Waals surface area (Å²) in [4.78, 5) is 0. The number of hydrogen-bond donors (Lipinski definition) is 2. The molecule has 3 fully saturated rings. The Hall–Kier alpha value is 0.0500. The third-order valence-corrected chi connectivity index (χ3v) is 8.88. The Bertz CT molecular complexity index is 472. The minimum absolute atomic E-state index is 0.0805. The Morgan fingerprint density at radius 3 is 2.52 bits per heavy atom. The normalized spacial score (nSPS) is 51.6. The maximum atomic E-state index is 10.0. The lowest BCUT2D eigenvalue weighted by atomic mass is 9.48. The van der Waals surface area contributed by atoms with Crippen molar-refractivity contribution in [2.75, 3.05) is 0 Å². The van der Waals surface area contributed by atoms with E-state index < -0.39 is 0 Å². The molecule has 0 spiro atoms. The summed E-state index contributed by atoms with van der Waals surface area (Å²) in [5.74, 6) is 2.63. The number of thiol groups is 1. The van der Waals surface area contributed by atoms with E-state index in [0.29, 0.717) is 16.1 Å². The molecule has 2 heteroatoms. The Kier molecular flexibility index (Phi) is 4.98. The van der Waals surface area contributed by atoms with Crippen LogP contribution in [0.2, 0.25) is 0 Å². The molecule has 0 amide bonds. The van der Waals surface area contributed by atoms with Gasteiger partial charge in [-0.1, -0.05) is 39.3 Å². The van der Waals surface area contributed by atoms with Crippen molar-refractivity contribution in [1.82, 2.24) is 0 Å². The molecule has 4 aliphatic rings. The first-order chi connectivity index (χ1) is 10.9. The molecule has 0 aliphatic heterocycles. The van der Waals surface area contributed by atoms with E-state index in [0.717, 1.165) is 30.6 Å². The molecule has 7 atom stereocenters. The lowest BCUT2D eigenvalue weighted by Gasteiger charge is -2.57. The number of allylic oxidation sites excluding steroid dienone is 1. The van der Waals surface area contributed by atoms with Crippen molar-refractivity contribution < 1.29 is 5.11 Å². The SMILES string of the molecule is CC.CC12CCC(O)CC1=CCC1C2CCC2(C)C(S)CCC12. The van der Waals surface area contributed by atoms with Crippen LogP contribution in [0, 0.1) is 28.6 Å². The Balaban J connectivity index is 0.000000753. The second-order valence-electron chi connectivity index (χ2n) is 8.79. The zero-order valence-electron chi connectivity index (χ0n) is 15.5. The molecule has 0 aromatic heterocycles. The second-order valence-corrected chi connectivity index (χ2v) is 9.42. The van der Waals surface area contributed by atoms with E-state index in [4.69, 9.17) is 12.6 Å². The highest BCUT2D eigenvalue weighted by molar-refractivity contribution is 7.81. The van der Waals surface area contributed by atoms with E-state index in [9.17, 15) is 5.11 Å². The van der Waals surface area contributed by atoms with Crippen LogP contribution in [0.4, 0.5) is 0 Å². The highest BCUT2D eigenvalue weighted by Gasteiger charge is 2.57. The molecule has 23 heavy (non-hydrogen) atoms. The molecule has 0 radical (unpaired) electrons. The molecule has 1 nitrogen and oxygen atoms in total. The minimum Gasteiger partial charge on any atom is -0.393 e.